The molecule has 7 nitrogen and oxygen atoms in total. The summed E-state index contributed by atoms with van der Waals surface area (Å²) in [6.07, 6.45) is 2.12. The molecule has 0 fully saturated rings. The van der Waals surface area contributed by atoms with E-state index in [-0.39, 0.29) is 10.7 Å². The average Bonchev–Trinajstić information content (AvgIpc) is 3.13. The van der Waals surface area contributed by atoms with Crippen LogP contribution in [-0.4, -0.2) is 42.6 Å². The van der Waals surface area contributed by atoms with Gasteiger partial charge in [-0.1, -0.05) is 53.7 Å². The molecule has 1 amide bonds. The summed E-state index contributed by atoms with van der Waals surface area (Å²) in [6.45, 7) is 3.41. The van der Waals surface area contributed by atoms with Gasteiger partial charge in [-0.25, -0.2) is 23.1 Å². The maximum Gasteiger partial charge on any atom is 0.376 e. The van der Waals surface area contributed by atoms with E-state index in [1.54, 1.807) is 24.3 Å². The molecule has 144 valence electrons. The average molecular weight is 398 g/mol. The topological polar surface area (TPSA) is 89.3 Å². The van der Waals surface area contributed by atoms with Crippen LogP contribution in [0.4, 0.5) is 5.82 Å². The highest BCUT2D eigenvalue weighted by Crippen LogP contribution is 2.31. The fourth-order valence-electron chi connectivity index (χ4n) is 2.82. The van der Waals surface area contributed by atoms with Gasteiger partial charge in [-0.2, -0.15) is 0 Å². The smallest absolute Gasteiger partial charge is 0.226 e. The van der Waals surface area contributed by atoms with Crippen LogP contribution >= 0.6 is 0 Å². The second kappa shape index (κ2) is 7.16. The lowest BCUT2D eigenvalue weighted by molar-refractivity contribution is -0.151. The Balaban J connectivity index is 2.33. The summed E-state index contributed by atoms with van der Waals surface area (Å²) >= 11 is 0. The van der Waals surface area contributed by atoms with Crippen molar-refractivity contribution in [1.29, 1.82) is 0 Å². The van der Waals surface area contributed by atoms with Gasteiger partial charge in [0, 0.05) is 17.9 Å². The third kappa shape index (κ3) is 3.53. The predicted octanol–water partition coefficient (Wildman–Crippen LogP) is 2.98. The molecule has 0 saturated carbocycles. The van der Waals surface area contributed by atoms with Crippen LogP contribution in [0.2, 0.25) is 0 Å². The minimum absolute atomic E-state index is 0.0343. The lowest BCUT2D eigenvalue weighted by atomic mass is 10.1. The van der Waals surface area contributed by atoms with Gasteiger partial charge in [0.25, 0.3) is 5.82 Å². The first-order valence-corrected chi connectivity index (χ1v) is 10.3. The van der Waals surface area contributed by atoms with Crippen LogP contribution in [0.3, 0.4) is 0 Å². The monoisotopic (exact) mass is 398 g/mol. The molecule has 1 unspecified atom stereocenters. The molecule has 0 aliphatic carbocycles. The zero-order valence-electron chi connectivity index (χ0n) is 15.5. The van der Waals surface area contributed by atoms with E-state index in [2.05, 4.69) is 11.7 Å². The van der Waals surface area contributed by atoms with Crippen LogP contribution in [0.5, 0.6) is 0 Å². The Bertz CT molecular complexity index is 1150. The lowest BCUT2D eigenvalue weighted by Gasteiger charge is -2.17. The number of aromatic nitrogens is 2. The second-order valence-corrected chi connectivity index (χ2v) is 8.39. The summed E-state index contributed by atoms with van der Waals surface area (Å²) < 4.78 is 24.8. The van der Waals surface area contributed by atoms with Gasteiger partial charge >= 0.3 is 5.91 Å². The number of carbonyl (C=O) groups excluding carboxylic acids is 1. The lowest BCUT2D eigenvalue weighted by Crippen LogP contribution is -2.46. The van der Waals surface area contributed by atoms with Crippen LogP contribution in [0, 0.1) is 0 Å². The van der Waals surface area contributed by atoms with Gasteiger partial charge in [0.05, 0.1) is 22.3 Å². The summed E-state index contributed by atoms with van der Waals surface area (Å²) in [7, 11) is -2.27. The zero-order valence-corrected chi connectivity index (χ0v) is 16.3. The first-order chi connectivity index (χ1) is 13.2. The number of carbonyl (C=O) groups is 1. The summed E-state index contributed by atoms with van der Waals surface area (Å²) in [5, 5.41) is 15.0. The van der Waals surface area contributed by atoms with Crippen LogP contribution in [0.1, 0.15) is 0 Å². The van der Waals surface area contributed by atoms with Gasteiger partial charge in [-0.15, -0.1) is 5.10 Å². The van der Waals surface area contributed by atoms with Crippen LogP contribution < -0.4 is 4.65 Å². The minimum atomic E-state index is -3.54. The van der Waals surface area contributed by atoms with E-state index in [1.807, 2.05) is 30.3 Å². The number of para-hydroxylation sites is 1. The van der Waals surface area contributed by atoms with Crippen LogP contribution in [-0.2, 0) is 14.6 Å². The number of sulfone groups is 1. The van der Waals surface area contributed by atoms with Gasteiger partial charge in [0.2, 0.25) is 0 Å². The summed E-state index contributed by atoms with van der Waals surface area (Å²) in [5.41, 5.74) is 1.60. The number of nitrogens with zero attached hydrogens (tertiary/aromatic N) is 3. The van der Waals surface area contributed by atoms with E-state index < -0.39 is 20.4 Å². The summed E-state index contributed by atoms with van der Waals surface area (Å²) in [4.78, 5) is 12.2. The van der Waals surface area contributed by atoms with Gasteiger partial charge in [-0.05, 0) is 12.1 Å². The first-order valence-electron chi connectivity index (χ1n) is 8.38. The molecule has 3 rings (SSSR count). The fraction of sp³-hybridized carbons (Fsp3) is 0.100. The van der Waals surface area contributed by atoms with E-state index in [0.717, 1.165) is 17.9 Å². The number of rotatable bonds is 5. The normalized spacial score (nSPS) is 13.7. The Morgan fingerprint density at radius 1 is 1.14 bits per heavy atom. The van der Waals surface area contributed by atoms with Crippen LogP contribution in [0.25, 0.3) is 16.9 Å². The van der Waals surface area contributed by atoms with Crippen molar-refractivity contribution in [2.75, 3.05) is 13.3 Å². The third-order valence-electron chi connectivity index (χ3n) is 4.31. The fourth-order valence-corrected chi connectivity index (χ4v) is 3.68. The molecule has 1 aromatic heterocycles. The molecule has 0 aliphatic heterocycles. The predicted molar refractivity (Wildman–Crippen MR) is 107 cm³/mol. The molecule has 0 aliphatic rings. The highest BCUT2D eigenvalue weighted by Gasteiger charge is 2.35. The highest BCUT2D eigenvalue weighted by molar-refractivity contribution is 7.90. The number of hydrogen-bond donors (Lipinski definition) is 1. The molecule has 1 N–H and O–H groups in total. The Morgan fingerprint density at radius 2 is 1.75 bits per heavy atom. The van der Waals surface area contributed by atoms with Crippen molar-refractivity contribution >= 4 is 21.6 Å². The van der Waals surface area contributed by atoms with Crippen molar-refractivity contribution in [3.05, 3.63) is 73.3 Å². The zero-order chi connectivity index (χ0) is 20.5. The first kappa shape index (κ1) is 19.7. The van der Waals surface area contributed by atoms with Crippen molar-refractivity contribution in [2.24, 2.45) is 0 Å². The minimum Gasteiger partial charge on any atom is -0.226 e. The molecule has 1 heterocycles. The quantitative estimate of drug-likeness (QED) is 0.309. The summed E-state index contributed by atoms with van der Waals surface area (Å²) in [5.74, 6) is -0.632. The number of amides is 1. The standard InChI is InChI=1S/C20H20N3O4S/c1-4-20(24)23(2,25)19-14-17(15-10-6-5-7-11-15)22(21-19)16-12-8-9-13-18(16)28(3,26)27/h4-14,25H,1H2,2-3H3/q+1. The van der Waals surface area contributed by atoms with Crippen molar-refractivity contribution < 1.29 is 18.4 Å². The molecule has 0 saturated heterocycles. The SMILES string of the molecule is C=CC(=O)[N+](C)(O)c1cc(-c2ccccc2)n(-c2ccccc2S(C)(=O)=O)n1. The molecule has 0 radical (unpaired) electrons. The molecule has 0 bridgehead atoms. The Labute approximate surface area is 163 Å². The van der Waals surface area contributed by atoms with E-state index in [4.69, 9.17) is 0 Å². The number of quaternary nitrogens is 1. The molecule has 8 heteroatoms. The number of likely N-dealkylation sites (N-methyl/N-ethyl adjacent to an activating group) is 1. The van der Waals surface area contributed by atoms with Gasteiger partial charge in [0.15, 0.2) is 9.84 Å². The Hall–Kier alpha value is -3.07. The largest absolute Gasteiger partial charge is 0.376 e. The Morgan fingerprint density at radius 3 is 2.36 bits per heavy atom. The van der Waals surface area contributed by atoms with Crippen molar-refractivity contribution in [1.82, 2.24) is 14.4 Å². The number of benzene rings is 2. The van der Waals surface area contributed by atoms with Crippen LogP contribution in [0.15, 0.2) is 78.2 Å². The van der Waals surface area contributed by atoms with E-state index >= 15 is 0 Å². The van der Waals surface area contributed by atoms with E-state index in [0.29, 0.717) is 11.4 Å². The molecular formula is C20H20N3O4S+. The maximum atomic E-state index is 12.3. The molecule has 28 heavy (non-hydrogen) atoms. The maximum absolute atomic E-state index is 12.3. The van der Waals surface area contributed by atoms with Gasteiger partial charge in [-0.3, -0.25) is 0 Å². The van der Waals surface area contributed by atoms with Crippen molar-refractivity contribution in [3.8, 4) is 16.9 Å². The molecular weight excluding hydrogens is 378 g/mol. The molecule has 0 spiro atoms. The second-order valence-electron chi connectivity index (χ2n) is 6.41. The molecule has 1 atom stereocenters. The Kier molecular flexibility index (Phi) is 5.03. The number of hydroxylamine groups is 2. The van der Waals surface area contributed by atoms with Crippen molar-refractivity contribution in [2.45, 2.75) is 4.90 Å². The number of hydrogen-bond acceptors (Lipinski definition) is 5. The highest BCUT2D eigenvalue weighted by atomic mass is 32.2. The third-order valence-corrected chi connectivity index (χ3v) is 5.45. The van der Waals surface area contributed by atoms with Gasteiger partial charge < -0.3 is 0 Å². The van der Waals surface area contributed by atoms with E-state index in [9.17, 15) is 18.4 Å². The summed E-state index contributed by atoms with van der Waals surface area (Å²) in [6, 6.07) is 17.2. The van der Waals surface area contributed by atoms with E-state index in [1.165, 1.54) is 17.8 Å². The molecule has 2 aromatic carbocycles. The van der Waals surface area contributed by atoms with Gasteiger partial charge in [0.1, 0.15) is 7.05 Å². The molecule has 3 aromatic rings. The van der Waals surface area contributed by atoms with Crippen molar-refractivity contribution in [3.63, 3.8) is 0 Å².